The van der Waals surface area contributed by atoms with Gasteiger partial charge in [-0.15, -0.1) is 0 Å². The van der Waals surface area contributed by atoms with Gasteiger partial charge in [-0.2, -0.15) is 4.98 Å². The average molecular weight is 313 g/mol. The summed E-state index contributed by atoms with van der Waals surface area (Å²) in [7, 11) is 0. The average Bonchev–Trinajstić information content (AvgIpc) is 3.28. The predicted molar refractivity (Wildman–Crippen MR) is 87.0 cm³/mol. The first-order valence-corrected chi connectivity index (χ1v) is 8.61. The summed E-state index contributed by atoms with van der Waals surface area (Å²) in [5.74, 6) is 1.66. The molecule has 2 fully saturated rings. The second-order valence-corrected chi connectivity index (χ2v) is 6.55. The molecule has 0 aliphatic carbocycles. The topological polar surface area (TPSA) is 51.4 Å². The van der Waals surface area contributed by atoms with Gasteiger partial charge in [0.1, 0.15) is 0 Å². The van der Waals surface area contributed by atoms with Gasteiger partial charge in [-0.3, -0.25) is 4.90 Å². The third-order valence-electron chi connectivity index (χ3n) is 4.79. The van der Waals surface area contributed by atoms with Crippen molar-refractivity contribution in [1.29, 1.82) is 0 Å². The first kappa shape index (κ1) is 14.8. The molecule has 122 valence electrons. The molecule has 4 rings (SSSR count). The van der Waals surface area contributed by atoms with Crippen molar-refractivity contribution in [1.82, 2.24) is 15.0 Å². The molecule has 2 aliphatic heterocycles. The van der Waals surface area contributed by atoms with E-state index >= 15 is 0 Å². The molecular formula is C18H23N3O2. The summed E-state index contributed by atoms with van der Waals surface area (Å²) in [6.07, 6.45) is 5.01. The number of aromatic nitrogens is 2. The van der Waals surface area contributed by atoms with Crippen molar-refractivity contribution in [3.63, 3.8) is 0 Å². The number of hydrogen-bond acceptors (Lipinski definition) is 5. The third-order valence-corrected chi connectivity index (χ3v) is 4.79. The zero-order chi connectivity index (χ0) is 15.5. The van der Waals surface area contributed by atoms with Crippen LogP contribution < -0.4 is 0 Å². The summed E-state index contributed by atoms with van der Waals surface area (Å²) < 4.78 is 10.8. The van der Waals surface area contributed by atoms with Crippen molar-refractivity contribution in [2.24, 2.45) is 0 Å². The predicted octanol–water partition coefficient (Wildman–Crippen LogP) is 3.23. The molecule has 2 saturated heterocycles. The van der Waals surface area contributed by atoms with E-state index in [-0.39, 0.29) is 5.92 Å². The fourth-order valence-electron chi connectivity index (χ4n) is 3.38. The van der Waals surface area contributed by atoms with Gasteiger partial charge < -0.3 is 9.26 Å². The normalized spacial score (nSPS) is 22.5. The Morgan fingerprint density at radius 2 is 1.91 bits per heavy atom. The Kier molecular flexibility index (Phi) is 4.39. The van der Waals surface area contributed by atoms with Gasteiger partial charge in [0.05, 0.1) is 6.61 Å². The van der Waals surface area contributed by atoms with Gasteiger partial charge in [0.2, 0.25) is 0 Å². The first-order valence-electron chi connectivity index (χ1n) is 8.61. The van der Waals surface area contributed by atoms with Gasteiger partial charge in [0.15, 0.2) is 5.82 Å². The van der Waals surface area contributed by atoms with Gasteiger partial charge >= 0.3 is 0 Å². The maximum atomic E-state index is 5.43. The lowest BCUT2D eigenvalue weighted by Crippen LogP contribution is -2.28. The van der Waals surface area contributed by atoms with E-state index in [2.05, 4.69) is 39.3 Å². The van der Waals surface area contributed by atoms with E-state index in [4.69, 9.17) is 9.26 Å². The Bertz CT molecular complexity index is 626. The van der Waals surface area contributed by atoms with E-state index in [9.17, 15) is 0 Å². The van der Waals surface area contributed by atoms with Crippen LogP contribution in [0.15, 0.2) is 28.8 Å². The number of benzene rings is 1. The summed E-state index contributed by atoms with van der Waals surface area (Å²) in [5.41, 5.74) is 2.34. The molecule has 2 aliphatic rings. The molecule has 1 aromatic carbocycles. The molecule has 3 heterocycles. The Hall–Kier alpha value is -1.72. The minimum absolute atomic E-state index is 0.283. The lowest BCUT2D eigenvalue weighted by Gasteiger charge is -2.26. The molecule has 2 aromatic rings. The fourth-order valence-corrected chi connectivity index (χ4v) is 3.38. The zero-order valence-electron chi connectivity index (χ0n) is 13.4. The van der Waals surface area contributed by atoms with Crippen molar-refractivity contribution in [2.75, 3.05) is 26.3 Å². The molecule has 0 bridgehead atoms. The van der Waals surface area contributed by atoms with Gasteiger partial charge in [-0.25, -0.2) is 0 Å². The van der Waals surface area contributed by atoms with Gasteiger partial charge in [0.25, 0.3) is 5.89 Å². The maximum absolute atomic E-state index is 5.43. The minimum atomic E-state index is 0.283. The molecule has 0 saturated carbocycles. The Morgan fingerprint density at radius 3 is 2.65 bits per heavy atom. The Labute approximate surface area is 136 Å². The molecule has 0 unspecified atom stereocenters. The summed E-state index contributed by atoms with van der Waals surface area (Å²) >= 11 is 0. The van der Waals surface area contributed by atoms with Crippen LogP contribution in [0.5, 0.6) is 0 Å². The van der Waals surface area contributed by atoms with Gasteiger partial charge in [0, 0.05) is 24.6 Å². The highest BCUT2D eigenvalue weighted by molar-refractivity contribution is 5.53. The number of nitrogens with zero attached hydrogens (tertiary/aromatic N) is 3. The quantitative estimate of drug-likeness (QED) is 0.867. The van der Waals surface area contributed by atoms with E-state index in [1.165, 1.54) is 37.9 Å². The van der Waals surface area contributed by atoms with E-state index in [1.54, 1.807) is 0 Å². The minimum Gasteiger partial charge on any atom is -0.381 e. The van der Waals surface area contributed by atoms with E-state index in [0.717, 1.165) is 31.0 Å². The Morgan fingerprint density at radius 1 is 1.09 bits per heavy atom. The summed E-state index contributed by atoms with van der Waals surface area (Å²) in [6, 6.07) is 8.52. The van der Waals surface area contributed by atoms with E-state index in [1.807, 2.05) is 0 Å². The molecule has 23 heavy (non-hydrogen) atoms. The van der Waals surface area contributed by atoms with Crippen LogP contribution in [0, 0.1) is 0 Å². The Balaban J connectivity index is 1.43. The van der Waals surface area contributed by atoms with Crippen LogP contribution in [0.3, 0.4) is 0 Å². The highest BCUT2D eigenvalue weighted by Crippen LogP contribution is 2.26. The first-order chi connectivity index (χ1) is 11.4. The van der Waals surface area contributed by atoms with Crippen LogP contribution in [0.1, 0.15) is 43.0 Å². The van der Waals surface area contributed by atoms with Crippen LogP contribution in [-0.2, 0) is 11.3 Å². The molecule has 0 amide bonds. The van der Waals surface area contributed by atoms with E-state index < -0.39 is 0 Å². The van der Waals surface area contributed by atoms with Crippen molar-refractivity contribution in [2.45, 2.75) is 38.1 Å². The van der Waals surface area contributed by atoms with Gasteiger partial charge in [-0.1, -0.05) is 23.7 Å². The number of rotatable bonds is 4. The standard InChI is InChI=1S/C18H23N3O2/c1-2-9-21(10-3-1)12-14-4-6-15(7-5-14)18-19-17(20-23-18)16-8-11-22-13-16/h4-7,16H,1-3,8-13H2/t16-/m0/s1. The second kappa shape index (κ2) is 6.81. The van der Waals surface area contributed by atoms with Crippen LogP contribution in [0.25, 0.3) is 11.5 Å². The molecular weight excluding hydrogens is 290 g/mol. The summed E-state index contributed by atoms with van der Waals surface area (Å²) in [5, 5.41) is 4.12. The highest BCUT2D eigenvalue weighted by Gasteiger charge is 2.23. The molecule has 0 N–H and O–H groups in total. The summed E-state index contributed by atoms with van der Waals surface area (Å²) in [4.78, 5) is 7.07. The van der Waals surface area contributed by atoms with Crippen LogP contribution >= 0.6 is 0 Å². The van der Waals surface area contributed by atoms with Crippen LogP contribution in [0.2, 0.25) is 0 Å². The molecule has 0 spiro atoms. The van der Waals surface area contributed by atoms with Crippen molar-refractivity contribution in [3.8, 4) is 11.5 Å². The molecule has 1 atom stereocenters. The largest absolute Gasteiger partial charge is 0.381 e. The smallest absolute Gasteiger partial charge is 0.257 e. The van der Waals surface area contributed by atoms with Crippen LogP contribution in [0.4, 0.5) is 0 Å². The zero-order valence-corrected chi connectivity index (χ0v) is 13.4. The fraction of sp³-hybridized carbons (Fsp3) is 0.556. The maximum Gasteiger partial charge on any atom is 0.257 e. The second-order valence-electron chi connectivity index (χ2n) is 6.55. The number of hydrogen-bond donors (Lipinski definition) is 0. The molecule has 0 radical (unpaired) electrons. The molecule has 5 nitrogen and oxygen atoms in total. The number of piperidine rings is 1. The number of likely N-dealkylation sites (tertiary alicyclic amines) is 1. The molecule has 1 aromatic heterocycles. The third kappa shape index (κ3) is 3.46. The van der Waals surface area contributed by atoms with Gasteiger partial charge in [-0.05, 0) is 50.0 Å². The van der Waals surface area contributed by atoms with Crippen molar-refractivity contribution >= 4 is 0 Å². The highest BCUT2D eigenvalue weighted by atomic mass is 16.5. The number of ether oxygens (including phenoxy) is 1. The summed E-state index contributed by atoms with van der Waals surface area (Å²) in [6.45, 7) is 4.97. The SMILES string of the molecule is c1cc(-c2nc([C@H]3CCOC3)no2)ccc1CN1CCCCC1. The lowest BCUT2D eigenvalue weighted by molar-refractivity contribution is 0.192. The molecule has 5 heteroatoms. The monoisotopic (exact) mass is 313 g/mol. The van der Waals surface area contributed by atoms with Crippen molar-refractivity contribution < 1.29 is 9.26 Å². The van der Waals surface area contributed by atoms with Crippen LogP contribution in [-0.4, -0.2) is 41.3 Å². The lowest BCUT2D eigenvalue weighted by atomic mass is 10.1. The van der Waals surface area contributed by atoms with Crippen molar-refractivity contribution in [3.05, 3.63) is 35.7 Å². The van der Waals surface area contributed by atoms with E-state index in [0.29, 0.717) is 12.5 Å².